The highest BCUT2D eigenvalue weighted by Gasteiger charge is 2.24. The van der Waals surface area contributed by atoms with Crippen molar-refractivity contribution in [3.63, 3.8) is 0 Å². The average molecular weight is 368 g/mol. The van der Waals surface area contributed by atoms with Crippen LogP contribution in [0.5, 0.6) is 0 Å². The molecule has 0 atom stereocenters. The molecular formula is C17H18F2N2O3S. The number of nitrogens with zero attached hydrogens (tertiary/aromatic N) is 1. The zero-order chi connectivity index (χ0) is 18.8. The quantitative estimate of drug-likeness (QED) is 0.881. The third-order valence-corrected chi connectivity index (χ3v) is 5.73. The molecule has 134 valence electrons. The van der Waals surface area contributed by atoms with E-state index < -0.39 is 33.3 Å². The summed E-state index contributed by atoms with van der Waals surface area (Å²) in [4.78, 5) is 12.2. The lowest BCUT2D eigenvalue weighted by molar-refractivity contribution is 0.102. The van der Waals surface area contributed by atoms with Gasteiger partial charge in [0.2, 0.25) is 10.0 Å². The molecule has 2 aromatic carbocycles. The second-order valence-electron chi connectivity index (χ2n) is 5.69. The Labute approximate surface area is 145 Å². The maximum absolute atomic E-state index is 13.6. The van der Waals surface area contributed by atoms with E-state index in [0.717, 1.165) is 12.1 Å². The first-order valence-electron chi connectivity index (χ1n) is 7.48. The summed E-state index contributed by atoms with van der Waals surface area (Å²) in [5.41, 5.74) is -0.610. The van der Waals surface area contributed by atoms with Crippen LogP contribution in [-0.4, -0.2) is 31.7 Å². The van der Waals surface area contributed by atoms with Gasteiger partial charge in [-0.1, -0.05) is 12.1 Å². The molecule has 1 N–H and O–H groups in total. The van der Waals surface area contributed by atoms with Gasteiger partial charge in [0.15, 0.2) is 0 Å². The zero-order valence-electron chi connectivity index (χ0n) is 14.0. The molecule has 0 aliphatic heterocycles. The van der Waals surface area contributed by atoms with E-state index in [2.05, 4.69) is 5.32 Å². The molecule has 0 aromatic heterocycles. The highest BCUT2D eigenvalue weighted by atomic mass is 32.2. The Hall–Kier alpha value is -2.32. The van der Waals surface area contributed by atoms with E-state index in [1.807, 2.05) is 0 Å². The number of halogens is 2. The van der Waals surface area contributed by atoms with Crippen molar-refractivity contribution in [2.24, 2.45) is 0 Å². The normalized spacial score (nSPS) is 11.8. The first-order valence-corrected chi connectivity index (χ1v) is 8.92. The molecule has 5 nitrogen and oxygen atoms in total. The number of sulfonamides is 1. The minimum absolute atomic E-state index is 0.0270. The highest BCUT2D eigenvalue weighted by molar-refractivity contribution is 7.89. The van der Waals surface area contributed by atoms with Gasteiger partial charge in [-0.3, -0.25) is 4.79 Å². The number of para-hydroxylation sites is 1. The van der Waals surface area contributed by atoms with E-state index in [4.69, 9.17) is 0 Å². The molecule has 0 unspecified atom stereocenters. The number of hydrogen-bond acceptors (Lipinski definition) is 3. The van der Waals surface area contributed by atoms with Crippen LogP contribution in [-0.2, 0) is 10.0 Å². The second kappa shape index (κ2) is 7.28. The number of amides is 1. The SMILES string of the molecule is CC(C)N(C)S(=O)(=O)c1cccc(C(=O)Nc2c(F)cccc2F)c1. The van der Waals surface area contributed by atoms with Crippen LogP contribution < -0.4 is 5.32 Å². The fraction of sp³-hybridized carbons (Fsp3) is 0.235. The van der Waals surface area contributed by atoms with Crippen LogP contribution in [0, 0.1) is 11.6 Å². The Balaban J connectivity index is 2.34. The maximum Gasteiger partial charge on any atom is 0.255 e. The number of rotatable bonds is 5. The third-order valence-electron chi connectivity index (χ3n) is 3.70. The summed E-state index contributed by atoms with van der Waals surface area (Å²) < 4.78 is 53.4. The molecule has 0 saturated heterocycles. The first kappa shape index (κ1) is 19.0. The van der Waals surface area contributed by atoms with Crippen molar-refractivity contribution in [2.45, 2.75) is 24.8 Å². The second-order valence-corrected chi connectivity index (χ2v) is 7.69. The minimum atomic E-state index is -3.78. The van der Waals surface area contributed by atoms with Gasteiger partial charge in [0.05, 0.1) is 4.90 Å². The lowest BCUT2D eigenvalue weighted by Crippen LogP contribution is -2.33. The Kier molecular flexibility index (Phi) is 5.54. The highest BCUT2D eigenvalue weighted by Crippen LogP contribution is 2.21. The van der Waals surface area contributed by atoms with Gasteiger partial charge in [0.1, 0.15) is 17.3 Å². The summed E-state index contributed by atoms with van der Waals surface area (Å²) in [6, 6.07) is 8.21. The van der Waals surface area contributed by atoms with Crippen LogP contribution in [0.1, 0.15) is 24.2 Å². The van der Waals surface area contributed by atoms with Crippen molar-refractivity contribution in [1.82, 2.24) is 4.31 Å². The monoisotopic (exact) mass is 368 g/mol. The standard InChI is InChI=1S/C17H18F2N2O3S/c1-11(2)21(3)25(23,24)13-7-4-6-12(10-13)17(22)20-16-14(18)8-5-9-15(16)19/h4-11H,1-3H3,(H,20,22). The van der Waals surface area contributed by atoms with Crippen molar-refractivity contribution in [2.75, 3.05) is 12.4 Å². The minimum Gasteiger partial charge on any atom is -0.317 e. The van der Waals surface area contributed by atoms with Crippen molar-refractivity contribution >= 4 is 21.6 Å². The lowest BCUT2D eigenvalue weighted by atomic mass is 10.2. The van der Waals surface area contributed by atoms with Crippen molar-refractivity contribution in [1.29, 1.82) is 0 Å². The smallest absolute Gasteiger partial charge is 0.255 e. The van der Waals surface area contributed by atoms with Crippen LogP contribution >= 0.6 is 0 Å². The molecule has 0 saturated carbocycles. The van der Waals surface area contributed by atoms with Crippen molar-refractivity contribution < 1.29 is 22.0 Å². The fourth-order valence-electron chi connectivity index (χ4n) is 2.04. The summed E-state index contributed by atoms with van der Waals surface area (Å²) in [6.45, 7) is 3.43. The molecule has 0 aliphatic carbocycles. The molecule has 0 spiro atoms. The molecule has 2 rings (SSSR count). The van der Waals surface area contributed by atoms with Crippen LogP contribution in [0.2, 0.25) is 0 Å². The molecular weight excluding hydrogens is 350 g/mol. The van der Waals surface area contributed by atoms with Crippen molar-refractivity contribution in [3.8, 4) is 0 Å². The zero-order valence-corrected chi connectivity index (χ0v) is 14.8. The first-order chi connectivity index (χ1) is 11.6. The van der Waals surface area contributed by atoms with Gasteiger partial charge in [0, 0.05) is 18.7 Å². The molecule has 0 fully saturated rings. The van der Waals surface area contributed by atoms with E-state index in [9.17, 15) is 22.0 Å². The molecule has 0 radical (unpaired) electrons. The number of hydrogen-bond donors (Lipinski definition) is 1. The van der Waals surface area contributed by atoms with E-state index in [1.165, 1.54) is 41.7 Å². The summed E-state index contributed by atoms with van der Waals surface area (Å²) >= 11 is 0. The lowest BCUT2D eigenvalue weighted by Gasteiger charge is -2.21. The van der Waals surface area contributed by atoms with Crippen LogP contribution in [0.3, 0.4) is 0 Å². The largest absolute Gasteiger partial charge is 0.317 e. The molecule has 25 heavy (non-hydrogen) atoms. The number of carbonyl (C=O) groups excluding carboxylic acids is 1. The van der Waals surface area contributed by atoms with Gasteiger partial charge in [-0.05, 0) is 44.2 Å². The number of anilines is 1. The van der Waals surface area contributed by atoms with Gasteiger partial charge in [-0.2, -0.15) is 4.31 Å². The van der Waals surface area contributed by atoms with Gasteiger partial charge in [-0.25, -0.2) is 17.2 Å². The Bertz CT molecular complexity index is 878. The van der Waals surface area contributed by atoms with Gasteiger partial charge >= 0.3 is 0 Å². The number of nitrogens with one attached hydrogen (secondary N) is 1. The summed E-state index contributed by atoms with van der Waals surface area (Å²) in [5.74, 6) is -2.65. The summed E-state index contributed by atoms with van der Waals surface area (Å²) in [5, 5.41) is 2.13. The summed E-state index contributed by atoms with van der Waals surface area (Å²) in [7, 11) is -2.35. The topological polar surface area (TPSA) is 66.5 Å². The van der Waals surface area contributed by atoms with Gasteiger partial charge in [-0.15, -0.1) is 0 Å². The molecule has 1 amide bonds. The Morgan fingerprint density at radius 2 is 1.64 bits per heavy atom. The van der Waals surface area contributed by atoms with Crippen LogP contribution in [0.4, 0.5) is 14.5 Å². The molecule has 2 aromatic rings. The van der Waals surface area contributed by atoms with Crippen LogP contribution in [0.25, 0.3) is 0 Å². The van der Waals surface area contributed by atoms with Gasteiger partial charge < -0.3 is 5.32 Å². The predicted octanol–water partition coefficient (Wildman–Crippen LogP) is 3.25. The Morgan fingerprint density at radius 1 is 1.08 bits per heavy atom. The predicted molar refractivity (Wildman–Crippen MR) is 90.8 cm³/mol. The van der Waals surface area contributed by atoms with E-state index >= 15 is 0 Å². The molecule has 0 bridgehead atoms. The van der Waals surface area contributed by atoms with Crippen molar-refractivity contribution in [3.05, 3.63) is 59.7 Å². The number of benzene rings is 2. The fourth-order valence-corrected chi connectivity index (χ4v) is 3.46. The molecule has 0 aliphatic rings. The maximum atomic E-state index is 13.6. The van der Waals surface area contributed by atoms with E-state index in [-0.39, 0.29) is 16.5 Å². The molecule has 8 heteroatoms. The third kappa shape index (κ3) is 4.02. The molecule has 0 heterocycles. The average Bonchev–Trinajstić information content (AvgIpc) is 2.57. The van der Waals surface area contributed by atoms with Gasteiger partial charge in [0.25, 0.3) is 5.91 Å². The van der Waals surface area contributed by atoms with E-state index in [0.29, 0.717) is 0 Å². The van der Waals surface area contributed by atoms with E-state index in [1.54, 1.807) is 13.8 Å². The summed E-state index contributed by atoms with van der Waals surface area (Å²) in [6.07, 6.45) is 0. The number of carbonyl (C=O) groups is 1. The van der Waals surface area contributed by atoms with Crippen LogP contribution in [0.15, 0.2) is 47.4 Å². The Morgan fingerprint density at radius 3 is 2.20 bits per heavy atom.